The van der Waals surface area contributed by atoms with Crippen LogP contribution in [0.5, 0.6) is 5.75 Å². The summed E-state index contributed by atoms with van der Waals surface area (Å²) in [5.41, 5.74) is 5.72. The van der Waals surface area contributed by atoms with Crippen molar-refractivity contribution in [1.29, 1.82) is 0 Å². The van der Waals surface area contributed by atoms with Gasteiger partial charge in [0.05, 0.1) is 7.11 Å². The molecule has 0 spiro atoms. The number of carboxylic acid groups (broad SMARTS) is 1. The first-order valence-corrected chi connectivity index (χ1v) is 5.75. The van der Waals surface area contributed by atoms with E-state index in [-0.39, 0.29) is 6.42 Å². The highest BCUT2D eigenvalue weighted by molar-refractivity contribution is 5.68. The van der Waals surface area contributed by atoms with E-state index in [1.807, 2.05) is 13.8 Å². The molecule has 0 unspecified atom stereocenters. The Hall–Kier alpha value is -1.51. The molecule has 0 aliphatic heterocycles. The van der Waals surface area contributed by atoms with Gasteiger partial charge in [0.2, 0.25) is 0 Å². The molecular formula is C14H20O3. The van der Waals surface area contributed by atoms with E-state index in [0.717, 1.165) is 22.4 Å². The molecular weight excluding hydrogens is 216 g/mol. The number of hydrogen-bond donors (Lipinski definition) is 1. The number of carbonyl (C=O) groups is 1. The normalized spacial score (nSPS) is 10.4. The lowest BCUT2D eigenvalue weighted by atomic mass is 9.91. The molecule has 1 N–H and O–H groups in total. The maximum atomic E-state index is 10.7. The van der Waals surface area contributed by atoms with Gasteiger partial charge in [0.15, 0.2) is 0 Å². The molecule has 3 nitrogen and oxygen atoms in total. The number of carboxylic acids is 1. The summed E-state index contributed by atoms with van der Waals surface area (Å²) in [7, 11) is 1.64. The number of benzene rings is 1. The van der Waals surface area contributed by atoms with Crippen LogP contribution in [0, 0.1) is 27.7 Å². The highest BCUT2D eigenvalue weighted by atomic mass is 16.5. The van der Waals surface area contributed by atoms with Crippen LogP contribution in [-0.4, -0.2) is 18.2 Å². The lowest BCUT2D eigenvalue weighted by molar-refractivity contribution is -0.136. The average molecular weight is 236 g/mol. The topological polar surface area (TPSA) is 46.5 Å². The molecule has 3 heteroatoms. The largest absolute Gasteiger partial charge is 0.496 e. The third-order valence-corrected chi connectivity index (χ3v) is 3.55. The van der Waals surface area contributed by atoms with E-state index in [1.54, 1.807) is 7.11 Å². The predicted molar refractivity (Wildman–Crippen MR) is 67.9 cm³/mol. The summed E-state index contributed by atoms with van der Waals surface area (Å²) < 4.78 is 5.43. The zero-order valence-corrected chi connectivity index (χ0v) is 11.2. The van der Waals surface area contributed by atoms with Crippen LogP contribution < -0.4 is 4.74 Å². The van der Waals surface area contributed by atoms with Gasteiger partial charge < -0.3 is 9.84 Å². The summed E-state index contributed by atoms with van der Waals surface area (Å²) in [4.78, 5) is 10.7. The van der Waals surface area contributed by atoms with Crippen LogP contribution in [0.25, 0.3) is 0 Å². The minimum absolute atomic E-state index is 0.138. The first-order valence-electron chi connectivity index (χ1n) is 5.75. The van der Waals surface area contributed by atoms with Crippen molar-refractivity contribution in [1.82, 2.24) is 0 Å². The molecule has 0 aliphatic carbocycles. The Balaban J connectivity index is 3.31. The number of aliphatic carboxylic acids is 1. The first-order chi connectivity index (χ1) is 7.90. The van der Waals surface area contributed by atoms with Crippen molar-refractivity contribution >= 4 is 5.97 Å². The van der Waals surface area contributed by atoms with E-state index in [2.05, 4.69) is 13.8 Å². The summed E-state index contributed by atoms with van der Waals surface area (Å²) >= 11 is 0. The number of methoxy groups -OCH3 is 1. The van der Waals surface area contributed by atoms with Crippen molar-refractivity contribution < 1.29 is 14.6 Å². The molecule has 0 aliphatic rings. The summed E-state index contributed by atoms with van der Waals surface area (Å²) in [5.74, 6) is 0.0641. The minimum Gasteiger partial charge on any atom is -0.496 e. The van der Waals surface area contributed by atoms with Gasteiger partial charge in [-0.1, -0.05) is 0 Å². The molecule has 94 valence electrons. The van der Waals surface area contributed by atoms with Crippen LogP contribution in [0.1, 0.15) is 34.2 Å². The zero-order valence-electron chi connectivity index (χ0n) is 11.2. The molecule has 1 aromatic rings. The van der Waals surface area contributed by atoms with Gasteiger partial charge in [0, 0.05) is 6.42 Å². The Morgan fingerprint density at radius 1 is 1.06 bits per heavy atom. The lowest BCUT2D eigenvalue weighted by Crippen LogP contribution is -2.06. The molecule has 17 heavy (non-hydrogen) atoms. The average Bonchev–Trinajstić information content (AvgIpc) is 2.29. The second kappa shape index (κ2) is 5.21. The van der Waals surface area contributed by atoms with E-state index >= 15 is 0 Å². The maximum Gasteiger partial charge on any atom is 0.303 e. The van der Waals surface area contributed by atoms with Crippen molar-refractivity contribution in [3.63, 3.8) is 0 Å². The van der Waals surface area contributed by atoms with Crippen LogP contribution in [-0.2, 0) is 11.2 Å². The fourth-order valence-electron chi connectivity index (χ4n) is 2.17. The second-order valence-electron chi connectivity index (χ2n) is 4.41. The van der Waals surface area contributed by atoms with E-state index in [0.29, 0.717) is 6.42 Å². The molecule has 0 heterocycles. The molecule has 0 bridgehead atoms. The summed E-state index contributed by atoms with van der Waals surface area (Å²) in [5, 5.41) is 8.78. The highest BCUT2D eigenvalue weighted by Crippen LogP contribution is 2.33. The minimum atomic E-state index is -0.776. The van der Waals surface area contributed by atoms with Crippen LogP contribution in [0.2, 0.25) is 0 Å². The van der Waals surface area contributed by atoms with Crippen LogP contribution in [0.15, 0.2) is 0 Å². The van der Waals surface area contributed by atoms with Crippen LogP contribution >= 0.6 is 0 Å². The number of rotatable bonds is 4. The Morgan fingerprint density at radius 3 is 2.06 bits per heavy atom. The molecule has 0 atom stereocenters. The Morgan fingerprint density at radius 2 is 1.59 bits per heavy atom. The molecule has 1 rings (SSSR count). The monoisotopic (exact) mass is 236 g/mol. The van der Waals surface area contributed by atoms with Gasteiger partial charge in [-0.15, -0.1) is 0 Å². The third kappa shape index (κ3) is 2.60. The van der Waals surface area contributed by atoms with Gasteiger partial charge in [-0.3, -0.25) is 4.79 Å². The Labute approximate surface area is 102 Å². The summed E-state index contributed by atoms with van der Waals surface area (Å²) in [6, 6.07) is 0. The number of hydrogen-bond acceptors (Lipinski definition) is 2. The molecule has 0 saturated heterocycles. The van der Waals surface area contributed by atoms with E-state index in [9.17, 15) is 4.79 Å². The van der Waals surface area contributed by atoms with Crippen molar-refractivity contribution in [2.75, 3.05) is 7.11 Å². The number of ether oxygens (including phenoxy) is 1. The van der Waals surface area contributed by atoms with Crippen LogP contribution in [0.3, 0.4) is 0 Å². The van der Waals surface area contributed by atoms with Crippen molar-refractivity contribution in [3.8, 4) is 5.75 Å². The van der Waals surface area contributed by atoms with E-state index in [1.165, 1.54) is 11.1 Å². The molecule has 0 radical (unpaired) electrons. The molecule has 0 aromatic heterocycles. The van der Waals surface area contributed by atoms with Gasteiger partial charge >= 0.3 is 5.97 Å². The Bertz CT molecular complexity index is 448. The van der Waals surface area contributed by atoms with Gasteiger partial charge in [-0.2, -0.15) is 0 Å². The predicted octanol–water partition coefficient (Wildman–Crippen LogP) is 2.95. The van der Waals surface area contributed by atoms with Gasteiger partial charge in [-0.25, -0.2) is 0 Å². The van der Waals surface area contributed by atoms with Crippen molar-refractivity contribution in [2.45, 2.75) is 40.5 Å². The summed E-state index contributed by atoms with van der Waals surface area (Å²) in [6.45, 7) is 8.19. The zero-order chi connectivity index (χ0) is 13.2. The fraction of sp³-hybridized carbons (Fsp3) is 0.500. The lowest BCUT2D eigenvalue weighted by Gasteiger charge is -2.19. The maximum absolute atomic E-state index is 10.7. The first kappa shape index (κ1) is 13.6. The van der Waals surface area contributed by atoms with Gasteiger partial charge in [0.1, 0.15) is 5.75 Å². The van der Waals surface area contributed by atoms with Gasteiger partial charge in [0.25, 0.3) is 0 Å². The van der Waals surface area contributed by atoms with Crippen molar-refractivity contribution in [2.24, 2.45) is 0 Å². The SMILES string of the molecule is COc1c(C)c(C)c(C)c(C)c1CCC(=O)O. The molecule has 0 saturated carbocycles. The molecule has 0 fully saturated rings. The summed E-state index contributed by atoms with van der Waals surface area (Å²) in [6.07, 6.45) is 0.658. The second-order valence-corrected chi connectivity index (χ2v) is 4.41. The van der Waals surface area contributed by atoms with E-state index in [4.69, 9.17) is 9.84 Å². The highest BCUT2D eigenvalue weighted by Gasteiger charge is 2.16. The van der Waals surface area contributed by atoms with Gasteiger partial charge in [-0.05, 0) is 61.9 Å². The molecule has 0 amide bonds. The third-order valence-electron chi connectivity index (χ3n) is 3.55. The standard InChI is InChI=1S/C14H20O3/c1-8-9(2)11(4)14(17-5)12(10(8)3)6-7-13(15)16/h6-7H2,1-5H3,(H,15,16). The fourth-order valence-corrected chi connectivity index (χ4v) is 2.17. The molecule has 1 aromatic carbocycles. The van der Waals surface area contributed by atoms with E-state index < -0.39 is 5.97 Å². The Kier molecular flexibility index (Phi) is 4.16. The smallest absolute Gasteiger partial charge is 0.303 e. The quantitative estimate of drug-likeness (QED) is 0.874. The van der Waals surface area contributed by atoms with Crippen molar-refractivity contribution in [3.05, 3.63) is 27.8 Å². The van der Waals surface area contributed by atoms with Crippen LogP contribution in [0.4, 0.5) is 0 Å².